The number of anilines is 1. The molecule has 1 atom stereocenters. The van der Waals surface area contributed by atoms with E-state index in [9.17, 15) is 14.0 Å². The predicted octanol–water partition coefficient (Wildman–Crippen LogP) is 5.43. The van der Waals surface area contributed by atoms with Gasteiger partial charge in [0, 0.05) is 17.0 Å². The number of thiophene rings is 1. The normalized spacial score (nSPS) is 14.2. The molecule has 0 aliphatic heterocycles. The standard InChI is InChI=1S/C26H25FN4O2S/c1-15(18-7-11-21(12-8-18)29-24(32)19-5-6-19)28-25(33)23-13-22-16(2)30-31(26(22)34-23)14-17-3-9-20(27)10-4-17/h3-4,7-13,15,19H,5-6,14H2,1-2H3,(H,28,33)(H,29,32). The summed E-state index contributed by atoms with van der Waals surface area (Å²) in [5, 5.41) is 11.5. The van der Waals surface area contributed by atoms with E-state index in [1.54, 1.807) is 12.1 Å². The van der Waals surface area contributed by atoms with E-state index >= 15 is 0 Å². The number of hydrogen-bond donors (Lipinski definition) is 2. The maximum absolute atomic E-state index is 13.2. The van der Waals surface area contributed by atoms with Crippen LogP contribution in [0.4, 0.5) is 10.1 Å². The number of benzene rings is 2. The number of hydrogen-bond acceptors (Lipinski definition) is 4. The summed E-state index contributed by atoms with van der Waals surface area (Å²) in [5.74, 6) is -0.183. The Bertz CT molecular complexity index is 1350. The van der Waals surface area contributed by atoms with Crippen LogP contribution in [0.25, 0.3) is 10.2 Å². The smallest absolute Gasteiger partial charge is 0.261 e. The van der Waals surface area contributed by atoms with E-state index in [1.165, 1.54) is 23.5 Å². The SMILES string of the molecule is Cc1nn(Cc2ccc(F)cc2)c2sc(C(=O)NC(C)c3ccc(NC(=O)C4CC4)cc3)cc12. The molecule has 1 fully saturated rings. The first kappa shape index (κ1) is 22.3. The third kappa shape index (κ3) is 4.72. The first-order chi connectivity index (χ1) is 16.4. The van der Waals surface area contributed by atoms with Crippen molar-refractivity contribution in [2.75, 3.05) is 5.32 Å². The molecule has 1 aliphatic rings. The van der Waals surface area contributed by atoms with Crippen LogP contribution in [0.15, 0.2) is 54.6 Å². The number of carbonyl (C=O) groups is 2. The number of fused-ring (bicyclic) bond motifs is 1. The minimum atomic E-state index is -0.271. The second kappa shape index (κ2) is 9.02. The number of halogens is 1. The highest BCUT2D eigenvalue weighted by Crippen LogP contribution is 2.31. The van der Waals surface area contributed by atoms with Gasteiger partial charge in [0.1, 0.15) is 10.6 Å². The van der Waals surface area contributed by atoms with Gasteiger partial charge in [-0.2, -0.15) is 5.10 Å². The van der Waals surface area contributed by atoms with Crippen LogP contribution in [-0.4, -0.2) is 21.6 Å². The highest BCUT2D eigenvalue weighted by atomic mass is 32.1. The Morgan fingerprint density at radius 2 is 1.85 bits per heavy atom. The first-order valence-corrected chi connectivity index (χ1v) is 12.1. The number of nitrogens with zero attached hydrogens (tertiary/aromatic N) is 2. The van der Waals surface area contributed by atoms with Crippen molar-refractivity contribution >= 4 is 39.1 Å². The molecule has 34 heavy (non-hydrogen) atoms. The Morgan fingerprint density at radius 1 is 1.15 bits per heavy atom. The molecule has 1 aliphatic carbocycles. The fraction of sp³-hybridized carbons (Fsp3) is 0.269. The minimum Gasteiger partial charge on any atom is -0.345 e. The van der Waals surface area contributed by atoms with Gasteiger partial charge >= 0.3 is 0 Å². The Morgan fingerprint density at radius 3 is 2.53 bits per heavy atom. The fourth-order valence-electron chi connectivity index (χ4n) is 3.89. The average molecular weight is 477 g/mol. The van der Waals surface area contributed by atoms with E-state index < -0.39 is 0 Å². The zero-order valence-corrected chi connectivity index (χ0v) is 19.8. The van der Waals surface area contributed by atoms with Crippen molar-refractivity contribution in [1.82, 2.24) is 15.1 Å². The highest BCUT2D eigenvalue weighted by Gasteiger charge is 2.29. The van der Waals surface area contributed by atoms with Crippen molar-refractivity contribution < 1.29 is 14.0 Å². The topological polar surface area (TPSA) is 76.0 Å². The monoisotopic (exact) mass is 476 g/mol. The van der Waals surface area contributed by atoms with Gasteiger partial charge in [-0.1, -0.05) is 24.3 Å². The van der Waals surface area contributed by atoms with E-state index in [-0.39, 0.29) is 29.6 Å². The van der Waals surface area contributed by atoms with Crippen LogP contribution in [0.5, 0.6) is 0 Å². The van der Waals surface area contributed by atoms with Gasteiger partial charge in [-0.15, -0.1) is 11.3 Å². The molecule has 0 radical (unpaired) electrons. The number of rotatable bonds is 7. The lowest BCUT2D eigenvalue weighted by Gasteiger charge is -2.14. The van der Waals surface area contributed by atoms with Gasteiger partial charge in [0.2, 0.25) is 5.91 Å². The van der Waals surface area contributed by atoms with Gasteiger partial charge in [-0.05, 0) is 68.1 Å². The number of amides is 2. The van der Waals surface area contributed by atoms with Crippen molar-refractivity contribution in [3.8, 4) is 0 Å². The molecule has 6 nitrogen and oxygen atoms in total. The molecule has 1 saturated carbocycles. The second-order valence-electron chi connectivity index (χ2n) is 8.78. The van der Waals surface area contributed by atoms with Crippen LogP contribution in [0.3, 0.4) is 0 Å². The number of nitrogens with one attached hydrogen (secondary N) is 2. The summed E-state index contributed by atoms with van der Waals surface area (Å²) in [6.07, 6.45) is 1.93. The minimum absolute atomic E-state index is 0.0761. The zero-order valence-electron chi connectivity index (χ0n) is 19.0. The average Bonchev–Trinajstić information content (AvgIpc) is 3.51. The van der Waals surface area contributed by atoms with Crippen LogP contribution in [-0.2, 0) is 11.3 Å². The summed E-state index contributed by atoms with van der Waals surface area (Å²) in [6, 6.07) is 15.6. The van der Waals surface area contributed by atoms with E-state index in [0.717, 1.165) is 45.6 Å². The van der Waals surface area contributed by atoms with Crippen molar-refractivity contribution in [3.63, 3.8) is 0 Å². The Labute approximate surface area is 200 Å². The summed E-state index contributed by atoms with van der Waals surface area (Å²) in [5.41, 5.74) is 3.52. The van der Waals surface area contributed by atoms with Crippen molar-refractivity contribution in [2.45, 2.75) is 39.3 Å². The van der Waals surface area contributed by atoms with Crippen LogP contribution in [0.1, 0.15) is 52.3 Å². The quantitative estimate of drug-likeness (QED) is 0.373. The molecule has 1 unspecified atom stereocenters. The maximum atomic E-state index is 13.2. The summed E-state index contributed by atoms with van der Waals surface area (Å²) in [6.45, 7) is 4.36. The predicted molar refractivity (Wildman–Crippen MR) is 132 cm³/mol. The molecule has 8 heteroatoms. The lowest BCUT2D eigenvalue weighted by molar-refractivity contribution is -0.117. The van der Waals surface area contributed by atoms with Gasteiger partial charge in [-0.3, -0.25) is 14.3 Å². The van der Waals surface area contributed by atoms with E-state index in [1.807, 2.05) is 48.9 Å². The largest absolute Gasteiger partial charge is 0.345 e. The molecule has 0 spiro atoms. The highest BCUT2D eigenvalue weighted by molar-refractivity contribution is 7.20. The van der Waals surface area contributed by atoms with E-state index in [2.05, 4.69) is 15.7 Å². The molecular formula is C26H25FN4O2S. The van der Waals surface area contributed by atoms with Crippen LogP contribution < -0.4 is 10.6 Å². The van der Waals surface area contributed by atoms with Gasteiger partial charge in [0.25, 0.3) is 5.91 Å². The van der Waals surface area contributed by atoms with Crippen molar-refractivity contribution in [2.24, 2.45) is 5.92 Å². The fourth-order valence-corrected chi connectivity index (χ4v) is 4.95. The molecule has 2 heterocycles. The lowest BCUT2D eigenvalue weighted by atomic mass is 10.1. The Balaban J connectivity index is 1.27. The second-order valence-corrected chi connectivity index (χ2v) is 9.81. The van der Waals surface area contributed by atoms with Crippen LogP contribution >= 0.6 is 11.3 Å². The molecule has 2 amide bonds. The molecule has 5 rings (SSSR count). The van der Waals surface area contributed by atoms with Gasteiger partial charge in [0.05, 0.1) is 23.2 Å². The molecule has 0 saturated heterocycles. The first-order valence-electron chi connectivity index (χ1n) is 11.3. The third-order valence-corrected chi connectivity index (χ3v) is 7.20. The number of aryl methyl sites for hydroxylation is 1. The summed E-state index contributed by atoms with van der Waals surface area (Å²) in [7, 11) is 0. The maximum Gasteiger partial charge on any atom is 0.261 e. The molecule has 2 aromatic heterocycles. The van der Waals surface area contributed by atoms with Gasteiger partial charge in [0.15, 0.2) is 0 Å². The molecule has 0 bridgehead atoms. The van der Waals surface area contributed by atoms with E-state index in [4.69, 9.17) is 0 Å². The summed E-state index contributed by atoms with van der Waals surface area (Å²) in [4.78, 5) is 26.4. The molecular weight excluding hydrogens is 451 g/mol. The Hall–Kier alpha value is -3.52. The van der Waals surface area contributed by atoms with Crippen LogP contribution in [0, 0.1) is 18.7 Å². The molecule has 174 valence electrons. The van der Waals surface area contributed by atoms with Crippen molar-refractivity contribution in [1.29, 1.82) is 0 Å². The van der Waals surface area contributed by atoms with E-state index in [0.29, 0.717) is 11.4 Å². The van der Waals surface area contributed by atoms with Gasteiger partial charge < -0.3 is 10.6 Å². The van der Waals surface area contributed by atoms with Gasteiger partial charge in [-0.25, -0.2) is 4.39 Å². The summed E-state index contributed by atoms with van der Waals surface area (Å²) >= 11 is 1.40. The third-order valence-electron chi connectivity index (χ3n) is 6.05. The zero-order chi connectivity index (χ0) is 23.8. The number of carbonyl (C=O) groups excluding carboxylic acids is 2. The number of aromatic nitrogens is 2. The Kier molecular flexibility index (Phi) is 5.91. The van der Waals surface area contributed by atoms with Crippen molar-refractivity contribution in [3.05, 3.63) is 82.1 Å². The summed E-state index contributed by atoms with van der Waals surface area (Å²) < 4.78 is 15.1. The lowest BCUT2D eigenvalue weighted by Crippen LogP contribution is -2.25. The molecule has 2 aromatic carbocycles. The molecule has 4 aromatic rings. The molecule has 2 N–H and O–H groups in total. The van der Waals surface area contributed by atoms with Crippen LogP contribution in [0.2, 0.25) is 0 Å².